The van der Waals surface area contributed by atoms with Crippen LogP contribution in [0.2, 0.25) is 0 Å². The van der Waals surface area contributed by atoms with Crippen LogP contribution in [-0.2, 0) is 10.0 Å². The topological polar surface area (TPSA) is 107 Å². The zero-order chi connectivity index (χ0) is 15.2. The van der Waals surface area contributed by atoms with E-state index in [-0.39, 0.29) is 23.9 Å². The summed E-state index contributed by atoms with van der Waals surface area (Å²) < 4.78 is 28.1. The van der Waals surface area contributed by atoms with Gasteiger partial charge in [-0.15, -0.1) is 0 Å². The summed E-state index contributed by atoms with van der Waals surface area (Å²) >= 11 is 0. The highest BCUT2D eigenvalue weighted by Gasteiger charge is 2.40. The molecule has 114 valence electrons. The number of sulfonamides is 1. The van der Waals surface area contributed by atoms with E-state index in [0.29, 0.717) is 5.65 Å². The third-order valence-corrected chi connectivity index (χ3v) is 5.39. The van der Waals surface area contributed by atoms with Crippen molar-refractivity contribution < 1.29 is 18.6 Å². The van der Waals surface area contributed by atoms with Gasteiger partial charge in [-0.2, -0.15) is 4.31 Å². The number of nitrogens with one attached hydrogen (secondary N) is 1. The summed E-state index contributed by atoms with van der Waals surface area (Å²) in [5.74, 6) is 0.233. The third kappa shape index (κ3) is 2.18. The monoisotopic (exact) mass is 312 g/mol. The number of aliphatic hydroxyl groups excluding tert-OH is 2. The number of fused-ring (bicyclic) bond motifs is 1. The average molecular weight is 312 g/mol. The van der Waals surface area contributed by atoms with Gasteiger partial charge in [-0.3, -0.25) is 4.40 Å². The molecule has 1 aliphatic heterocycles. The molecule has 2 unspecified atom stereocenters. The van der Waals surface area contributed by atoms with Crippen LogP contribution in [0.15, 0.2) is 29.4 Å². The van der Waals surface area contributed by atoms with Crippen molar-refractivity contribution >= 4 is 21.5 Å². The van der Waals surface area contributed by atoms with Crippen LogP contribution >= 0.6 is 0 Å². The van der Waals surface area contributed by atoms with Crippen LogP contribution < -0.4 is 5.32 Å². The minimum Gasteiger partial charge on any atom is -0.389 e. The number of aliphatic hydroxyl groups is 2. The highest BCUT2D eigenvalue weighted by Crippen LogP contribution is 2.28. The Labute approximate surface area is 121 Å². The van der Waals surface area contributed by atoms with Gasteiger partial charge in [-0.05, 0) is 12.1 Å². The number of aromatic nitrogens is 2. The normalized spacial score (nSPS) is 23.8. The molecule has 2 aromatic rings. The standard InChI is InChI=1S/C12H16N4O4S/c1-13-11-12(16-5-3-2-4-10(16)14-11)21(19,20)15-6-8(17)9(18)7-15/h2-5,8-9,13,17-18H,6-7H2,1H3. The second kappa shape index (κ2) is 4.95. The van der Waals surface area contributed by atoms with E-state index in [4.69, 9.17) is 0 Å². The molecule has 0 saturated carbocycles. The van der Waals surface area contributed by atoms with Gasteiger partial charge in [0.2, 0.25) is 0 Å². The van der Waals surface area contributed by atoms with Gasteiger partial charge in [0.15, 0.2) is 10.8 Å². The molecule has 21 heavy (non-hydrogen) atoms. The highest BCUT2D eigenvalue weighted by molar-refractivity contribution is 7.89. The van der Waals surface area contributed by atoms with E-state index in [9.17, 15) is 18.6 Å². The lowest BCUT2D eigenvalue weighted by Crippen LogP contribution is -2.31. The van der Waals surface area contributed by atoms with Crippen molar-refractivity contribution in [3.63, 3.8) is 0 Å². The van der Waals surface area contributed by atoms with Crippen molar-refractivity contribution in [2.45, 2.75) is 17.2 Å². The van der Waals surface area contributed by atoms with E-state index in [1.165, 1.54) is 4.40 Å². The maximum Gasteiger partial charge on any atom is 0.263 e. The molecule has 3 N–H and O–H groups in total. The van der Waals surface area contributed by atoms with Crippen LogP contribution in [0.1, 0.15) is 0 Å². The van der Waals surface area contributed by atoms with E-state index in [0.717, 1.165) is 4.31 Å². The fourth-order valence-corrected chi connectivity index (χ4v) is 4.17. The van der Waals surface area contributed by atoms with Crippen molar-refractivity contribution in [2.75, 3.05) is 25.5 Å². The van der Waals surface area contributed by atoms with Crippen molar-refractivity contribution in [1.82, 2.24) is 13.7 Å². The summed E-state index contributed by atoms with van der Waals surface area (Å²) in [5.41, 5.74) is 0.501. The zero-order valence-electron chi connectivity index (χ0n) is 11.3. The van der Waals surface area contributed by atoms with Gasteiger partial charge in [0, 0.05) is 26.3 Å². The Balaban J connectivity index is 2.15. The highest BCUT2D eigenvalue weighted by atomic mass is 32.2. The maximum absolute atomic E-state index is 12.8. The summed E-state index contributed by atoms with van der Waals surface area (Å²) in [6.45, 7) is -0.264. The van der Waals surface area contributed by atoms with Crippen LogP contribution in [0.5, 0.6) is 0 Å². The van der Waals surface area contributed by atoms with E-state index >= 15 is 0 Å². The predicted octanol–water partition coefficient (Wildman–Crippen LogP) is -0.898. The fraction of sp³-hybridized carbons (Fsp3) is 0.417. The minimum absolute atomic E-state index is 0.00176. The van der Waals surface area contributed by atoms with Gasteiger partial charge >= 0.3 is 0 Å². The number of rotatable bonds is 3. The summed E-state index contributed by atoms with van der Waals surface area (Å²) in [6.07, 6.45) is -0.534. The molecule has 2 aromatic heterocycles. The number of imidazole rings is 1. The van der Waals surface area contributed by atoms with Gasteiger partial charge in [0.05, 0.1) is 12.2 Å². The lowest BCUT2D eigenvalue weighted by atomic mass is 10.3. The minimum atomic E-state index is -3.88. The largest absolute Gasteiger partial charge is 0.389 e. The number of β-amino-alcohol motifs (C(OH)–C–C–N with tert-alkyl or cyclic N) is 2. The zero-order valence-corrected chi connectivity index (χ0v) is 12.2. The predicted molar refractivity (Wildman–Crippen MR) is 75.5 cm³/mol. The molecule has 8 nitrogen and oxygen atoms in total. The molecule has 0 aliphatic carbocycles. The van der Waals surface area contributed by atoms with Gasteiger partial charge in [0.25, 0.3) is 10.0 Å². The van der Waals surface area contributed by atoms with E-state index in [1.807, 2.05) is 0 Å². The van der Waals surface area contributed by atoms with Crippen molar-refractivity contribution in [1.29, 1.82) is 0 Å². The van der Waals surface area contributed by atoms with Crippen molar-refractivity contribution in [3.8, 4) is 0 Å². The molecule has 2 atom stereocenters. The second-order valence-corrected chi connectivity index (χ2v) is 6.75. The quantitative estimate of drug-likeness (QED) is 0.678. The van der Waals surface area contributed by atoms with Gasteiger partial charge in [0.1, 0.15) is 5.65 Å². The molecule has 0 spiro atoms. The van der Waals surface area contributed by atoms with E-state index in [2.05, 4.69) is 10.3 Å². The molecule has 0 amide bonds. The van der Waals surface area contributed by atoms with Gasteiger partial charge in [-0.25, -0.2) is 13.4 Å². The smallest absolute Gasteiger partial charge is 0.263 e. The fourth-order valence-electron chi connectivity index (χ4n) is 2.44. The van der Waals surface area contributed by atoms with Crippen LogP contribution in [0, 0.1) is 0 Å². The molecule has 1 aliphatic rings. The second-order valence-electron chi connectivity index (χ2n) is 4.90. The van der Waals surface area contributed by atoms with Crippen LogP contribution in [-0.4, -0.2) is 64.7 Å². The summed E-state index contributed by atoms with van der Waals surface area (Å²) in [5, 5.41) is 21.9. The lowest BCUT2D eigenvalue weighted by molar-refractivity contribution is 0.0572. The Bertz CT molecular complexity index is 763. The number of hydrogen-bond donors (Lipinski definition) is 3. The molecule has 3 rings (SSSR count). The first-order chi connectivity index (χ1) is 9.95. The molecule has 3 heterocycles. The lowest BCUT2D eigenvalue weighted by Gasteiger charge is -2.16. The molecule has 9 heteroatoms. The Morgan fingerprint density at radius 3 is 2.57 bits per heavy atom. The first-order valence-electron chi connectivity index (χ1n) is 6.46. The van der Waals surface area contributed by atoms with Crippen LogP contribution in [0.25, 0.3) is 5.65 Å². The van der Waals surface area contributed by atoms with E-state index < -0.39 is 22.2 Å². The molecule has 1 saturated heterocycles. The molecule has 1 fully saturated rings. The van der Waals surface area contributed by atoms with Gasteiger partial charge < -0.3 is 15.5 Å². The van der Waals surface area contributed by atoms with Crippen molar-refractivity contribution in [2.24, 2.45) is 0 Å². The SMILES string of the molecule is CNc1nc2ccccn2c1S(=O)(=O)N1CC(O)C(O)C1. The molecule has 0 radical (unpaired) electrons. The molecular weight excluding hydrogens is 296 g/mol. The molecule has 0 bridgehead atoms. The first kappa shape index (κ1) is 14.3. The number of hydrogen-bond acceptors (Lipinski definition) is 6. The maximum atomic E-state index is 12.8. The Morgan fingerprint density at radius 1 is 1.29 bits per heavy atom. The van der Waals surface area contributed by atoms with Crippen LogP contribution in [0.3, 0.4) is 0 Å². The Kier molecular flexibility index (Phi) is 3.36. The first-order valence-corrected chi connectivity index (χ1v) is 7.90. The molecule has 0 aromatic carbocycles. The summed E-state index contributed by atoms with van der Waals surface area (Å²) in [6, 6.07) is 5.18. The van der Waals surface area contributed by atoms with Gasteiger partial charge in [-0.1, -0.05) is 6.07 Å². The summed E-state index contributed by atoms with van der Waals surface area (Å²) in [4.78, 5) is 4.23. The van der Waals surface area contributed by atoms with E-state index in [1.54, 1.807) is 31.4 Å². The molecular formula is C12H16N4O4S. The number of nitrogens with zero attached hydrogens (tertiary/aromatic N) is 3. The van der Waals surface area contributed by atoms with Crippen LogP contribution in [0.4, 0.5) is 5.82 Å². The third-order valence-electron chi connectivity index (χ3n) is 3.53. The Hall–Kier alpha value is -1.68. The average Bonchev–Trinajstić information content (AvgIpc) is 3.00. The van der Waals surface area contributed by atoms with Crippen molar-refractivity contribution in [3.05, 3.63) is 24.4 Å². The summed E-state index contributed by atoms with van der Waals surface area (Å²) in [7, 11) is -2.29. The number of pyridine rings is 1. The number of anilines is 1. The Morgan fingerprint density at radius 2 is 1.95 bits per heavy atom.